The van der Waals surface area contributed by atoms with Crippen LogP contribution in [-0.2, 0) is 9.59 Å². The van der Waals surface area contributed by atoms with E-state index in [2.05, 4.69) is 5.32 Å². The molecule has 7 nitrogen and oxygen atoms in total. The molecule has 130 valence electrons. The molecule has 0 aliphatic heterocycles. The normalized spacial score (nSPS) is 12.8. The molecule has 0 saturated heterocycles. The number of nitro groups is 1. The number of carbonyl (C=O) groups is 2. The predicted octanol–water partition coefficient (Wildman–Crippen LogP) is 2.09. The van der Waals surface area contributed by atoms with Crippen LogP contribution < -0.4 is 10.4 Å². The highest BCUT2D eigenvalue weighted by Gasteiger charge is 2.26. The molecule has 0 aliphatic carbocycles. The molecular formula is C18H17N2O5-. The van der Waals surface area contributed by atoms with Gasteiger partial charge in [-0.05, 0) is 30.0 Å². The van der Waals surface area contributed by atoms with Crippen molar-refractivity contribution < 1.29 is 19.6 Å². The van der Waals surface area contributed by atoms with Gasteiger partial charge in [-0.1, -0.05) is 37.3 Å². The summed E-state index contributed by atoms with van der Waals surface area (Å²) in [6.07, 6.45) is -0.422. The van der Waals surface area contributed by atoms with Gasteiger partial charge >= 0.3 is 0 Å². The number of carboxylic acids is 1. The van der Waals surface area contributed by atoms with Gasteiger partial charge in [0.25, 0.3) is 5.69 Å². The van der Waals surface area contributed by atoms with Crippen molar-refractivity contribution in [3.63, 3.8) is 0 Å². The van der Waals surface area contributed by atoms with Crippen molar-refractivity contribution in [3.05, 3.63) is 70.3 Å². The summed E-state index contributed by atoms with van der Waals surface area (Å²) in [6.45, 7) is 1.78. The van der Waals surface area contributed by atoms with Crippen LogP contribution in [0.2, 0.25) is 0 Å². The summed E-state index contributed by atoms with van der Waals surface area (Å²) in [5.74, 6) is -2.96. The van der Waals surface area contributed by atoms with Crippen molar-refractivity contribution in [2.75, 3.05) is 5.32 Å². The quantitative estimate of drug-likeness (QED) is 0.612. The molecule has 0 fully saturated rings. The van der Waals surface area contributed by atoms with Gasteiger partial charge in [0.2, 0.25) is 5.91 Å². The first-order chi connectivity index (χ1) is 11.9. The monoisotopic (exact) mass is 341 g/mol. The van der Waals surface area contributed by atoms with Gasteiger partial charge in [-0.25, -0.2) is 0 Å². The lowest BCUT2D eigenvalue weighted by atomic mass is 9.84. The molecule has 0 spiro atoms. The van der Waals surface area contributed by atoms with Crippen molar-refractivity contribution in [1.29, 1.82) is 0 Å². The maximum absolute atomic E-state index is 12.5. The van der Waals surface area contributed by atoms with Crippen LogP contribution in [0.4, 0.5) is 11.4 Å². The van der Waals surface area contributed by atoms with Crippen LogP contribution in [-0.4, -0.2) is 16.8 Å². The second-order valence-electron chi connectivity index (χ2n) is 5.68. The Morgan fingerprint density at radius 3 is 2.20 bits per heavy atom. The third-order valence-electron chi connectivity index (χ3n) is 4.00. The van der Waals surface area contributed by atoms with Crippen molar-refractivity contribution in [3.8, 4) is 0 Å². The van der Waals surface area contributed by atoms with E-state index < -0.39 is 29.1 Å². The number of nitro benzene ring substituents is 1. The van der Waals surface area contributed by atoms with Crippen LogP contribution in [0.5, 0.6) is 0 Å². The van der Waals surface area contributed by atoms with Gasteiger partial charge in [-0.3, -0.25) is 14.9 Å². The average Bonchev–Trinajstić information content (AvgIpc) is 2.60. The summed E-state index contributed by atoms with van der Waals surface area (Å²) in [5.41, 5.74) is 1.11. The number of carboxylic acid groups (broad SMARTS) is 1. The van der Waals surface area contributed by atoms with Crippen molar-refractivity contribution in [2.45, 2.75) is 19.3 Å². The number of anilines is 1. The summed E-state index contributed by atoms with van der Waals surface area (Å²) >= 11 is 0. The van der Waals surface area contributed by atoms with Gasteiger partial charge in [0.1, 0.15) is 0 Å². The topological polar surface area (TPSA) is 112 Å². The Hall–Kier alpha value is -3.22. The van der Waals surface area contributed by atoms with Gasteiger partial charge in [0, 0.05) is 23.8 Å². The van der Waals surface area contributed by atoms with E-state index in [4.69, 9.17) is 0 Å². The van der Waals surface area contributed by atoms with Gasteiger partial charge in [0.05, 0.1) is 10.8 Å². The Morgan fingerprint density at radius 1 is 1.08 bits per heavy atom. The van der Waals surface area contributed by atoms with E-state index in [9.17, 15) is 24.8 Å². The van der Waals surface area contributed by atoms with E-state index >= 15 is 0 Å². The lowest BCUT2D eigenvalue weighted by Crippen LogP contribution is -2.34. The van der Waals surface area contributed by atoms with Gasteiger partial charge < -0.3 is 15.2 Å². The molecule has 25 heavy (non-hydrogen) atoms. The minimum atomic E-state index is -1.31. The fraction of sp³-hybridized carbons (Fsp3) is 0.222. The first kappa shape index (κ1) is 18.1. The summed E-state index contributed by atoms with van der Waals surface area (Å²) in [5, 5.41) is 24.3. The van der Waals surface area contributed by atoms with Gasteiger partial charge in [-0.15, -0.1) is 0 Å². The van der Waals surface area contributed by atoms with Crippen LogP contribution in [0.1, 0.15) is 24.8 Å². The number of hydrogen-bond donors (Lipinski definition) is 1. The number of amides is 1. The highest BCUT2D eigenvalue weighted by molar-refractivity contribution is 5.95. The lowest BCUT2D eigenvalue weighted by molar-refractivity contribution is -0.384. The summed E-state index contributed by atoms with van der Waals surface area (Å²) < 4.78 is 0. The van der Waals surface area contributed by atoms with Crippen LogP contribution in [0.15, 0.2) is 54.6 Å². The van der Waals surface area contributed by atoms with Crippen molar-refractivity contribution in [2.24, 2.45) is 5.92 Å². The molecule has 2 atom stereocenters. The maximum atomic E-state index is 12.5. The summed E-state index contributed by atoms with van der Waals surface area (Å²) in [7, 11) is 0. The molecule has 0 unspecified atom stereocenters. The largest absolute Gasteiger partial charge is 0.550 e. The second-order valence-corrected chi connectivity index (χ2v) is 5.68. The first-order valence-corrected chi connectivity index (χ1v) is 7.68. The molecule has 2 aromatic rings. The molecule has 7 heteroatoms. The van der Waals surface area contributed by atoms with Gasteiger partial charge in [-0.2, -0.15) is 0 Å². The van der Waals surface area contributed by atoms with Crippen LogP contribution in [0, 0.1) is 16.0 Å². The fourth-order valence-corrected chi connectivity index (χ4v) is 2.57. The molecule has 0 bridgehead atoms. The number of benzene rings is 2. The van der Waals surface area contributed by atoms with E-state index in [1.54, 1.807) is 6.92 Å². The molecule has 0 aliphatic rings. The smallest absolute Gasteiger partial charge is 0.269 e. The SMILES string of the molecule is C[C@H](c1ccccc1)[C@@H](CC(=O)[O-])C(=O)Nc1ccc([N+](=O)[O-])cc1. The maximum Gasteiger partial charge on any atom is 0.269 e. The minimum Gasteiger partial charge on any atom is -0.550 e. The zero-order valence-corrected chi connectivity index (χ0v) is 13.5. The Labute approximate surface area is 144 Å². The molecule has 0 heterocycles. The number of non-ortho nitro benzene ring substituents is 1. The van der Waals surface area contributed by atoms with Crippen LogP contribution >= 0.6 is 0 Å². The Morgan fingerprint density at radius 2 is 1.68 bits per heavy atom. The van der Waals surface area contributed by atoms with E-state index in [1.807, 2.05) is 30.3 Å². The number of carbonyl (C=O) groups excluding carboxylic acids is 2. The third-order valence-corrected chi connectivity index (χ3v) is 4.00. The molecule has 2 aromatic carbocycles. The van der Waals surface area contributed by atoms with E-state index in [1.165, 1.54) is 24.3 Å². The van der Waals surface area contributed by atoms with E-state index in [0.29, 0.717) is 5.69 Å². The molecule has 2 rings (SSSR count). The van der Waals surface area contributed by atoms with Crippen molar-refractivity contribution in [1.82, 2.24) is 0 Å². The zero-order chi connectivity index (χ0) is 18.4. The average molecular weight is 341 g/mol. The number of nitrogens with zero attached hydrogens (tertiary/aromatic N) is 1. The highest BCUT2D eigenvalue weighted by atomic mass is 16.6. The molecule has 1 N–H and O–H groups in total. The summed E-state index contributed by atoms with van der Waals surface area (Å²) in [6, 6.07) is 14.5. The van der Waals surface area contributed by atoms with Crippen LogP contribution in [0.25, 0.3) is 0 Å². The predicted molar refractivity (Wildman–Crippen MR) is 89.7 cm³/mol. The molecule has 0 aromatic heterocycles. The number of aliphatic carboxylic acids is 1. The number of nitrogens with one attached hydrogen (secondary N) is 1. The fourth-order valence-electron chi connectivity index (χ4n) is 2.57. The van der Waals surface area contributed by atoms with E-state index in [0.717, 1.165) is 5.56 Å². The Bertz CT molecular complexity index is 759. The van der Waals surface area contributed by atoms with Gasteiger partial charge in [0.15, 0.2) is 0 Å². The lowest BCUT2D eigenvalue weighted by Gasteiger charge is -2.24. The highest BCUT2D eigenvalue weighted by Crippen LogP contribution is 2.28. The summed E-state index contributed by atoms with van der Waals surface area (Å²) in [4.78, 5) is 33.7. The molecule has 0 radical (unpaired) electrons. The zero-order valence-electron chi connectivity index (χ0n) is 13.5. The second kappa shape index (κ2) is 8.05. The van der Waals surface area contributed by atoms with E-state index in [-0.39, 0.29) is 11.6 Å². The number of hydrogen-bond acceptors (Lipinski definition) is 5. The number of rotatable bonds is 7. The van der Waals surface area contributed by atoms with Crippen LogP contribution in [0.3, 0.4) is 0 Å². The standard InChI is InChI=1S/C18H18N2O5/c1-12(13-5-3-2-4-6-13)16(11-17(21)22)18(23)19-14-7-9-15(10-8-14)20(24)25/h2-10,12,16H,11H2,1H3,(H,19,23)(H,21,22)/p-1/t12-,16-/m1/s1. The minimum absolute atomic E-state index is 0.0954. The first-order valence-electron chi connectivity index (χ1n) is 7.68. The molecule has 1 amide bonds. The third kappa shape index (κ3) is 4.87. The molecule has 0 saturated carbocycles. The Kier molecular flexibility index (Phi) is 5.84. The van der Waals surface area contributed by atoms with Crippen molar-refractivity contribution >= 4 is 23.3 Å². The molecular weight excluding hydrogens is 324 g/mol. The Balaban J connectivity index is 2.17.